The minimum atomic E-state index is -3.83. The molecule has 5 rings (SSSR count). The largest absolute Gasteiger partial charge is 0.508 e. The van der Waals surface area contributed by atoms with Crippen molar-refractivity contribution in [3.8, 4) is 28.2 Å². The van der Waals surface area contributed by atoms with E-state index in [-0.39, 0.29) is 45.2 Å². The average Bonchev–Trinajstić information content (AvgIpc) is 2.90. The molecule has 12 heteroatoms. The highest BCUT2D eigenvalue weighted by molar-refractivity contribution is 7.89. The number of sulfonamides is 1. The first kappa shape index (κ1) is 26.4. The molecule has 0 fully saturated rings. The molecule has 40 heavy (non-hydrogen) atoms. The lowest BCUT2D eigenvalue weighted by Gasteiger charge is -2.17. The summed E-state index contributed by atoms with van der Waals surface area (Å²) >= 11 is 0. The van der Waals surface area contributed by atoms with E-state index in [0.717, 1.165) is 0 Å². The van der Waals surface area contributed by atoms with Gasteiger partial charge < -0.3 is 25.3 Å². The number of carboxylic acids is 1. The molecule has 0 radical (unpaired) electrons. The minimum absolute atomic E-state index is 0.0556. The molecule has 6 N–H and O–H groups in total. The quantitative estimate of drug-likeness (QED) is 0.193. The van der Waals surface area contributed by atoms with E-state index in [2.05, 4.69) is 10.6 Å². The molecule has 0 saturated heterocycles. The van der Waals surface area contributed by atoms with Gasteiger partial charge in [0.2, 0.25) is 10.0 Å². The number of phenols is 1. The average molecular weight is 560 g/mol. The topological polar surface area (TPSA) is 189 Å². The third-order valence-electron chi connectivity index (χ3n) is 6.16. The number of fused-ring (bicyclic) bond motifs is 2. The maximum atomic E-state index is 12.5. The Bertz CT molecular complexity index is 1930. The molecule has 1 aliphatic carbocycles. The highest BCUT2D eigenvalue weighted by Gasteiger charge is 2.22. The van der Waals surface area contributed by atoms with Gasteiger partial charge in [0.05, 0.1) is 10.5 Å². The summed E-state index contributed by atoms with van der Waals surface area (Å²) < 4.78 is 28.6. The van der Waals surface area contributed by atoms with Gasteiger partial charge in [-0.15, -0.1) is 0 Å². The van der Waals surface area contributed by atoms with Crippen LogP contribution in [0.3, 0.4) is 0 Å². The van der Waals surface area contributed by atoms with Gasteiger partial charge >= 0.3 is 12.0 Å². The first-order valence-corrected chi connectivity index (χ1v) is 13.3. The Kier molecular flexibility index (Phi) is 6.71. The molecule has 0 unspecified atom stereocenters. The van der Waals surface area contributed by atoms with Crippen LogP contribution in [-0.2, 0) is 16.6 Å². The predicted octanol–water partition coefficient (Wildman–Crippen LogP) is 3.94. The number of rotatable bonds is 6. The van der Waals surface area contributed by atoms with Gasteiger partial charge in [-0.1, -0.05) is 18.2 Å². The summed E-state index contributed by atoms with van der Waals surface area (Å²) in [5.41, 5.74) is 1.93. The number of hydrogen-bond donors (Lipinski definition) is 5. The summed E-state index contributed by atoms with van der Waals surface area (Å²) in [4.78, 5) is 36.8. The molecule has 0 spiro atoms. The first-order chi connectivity index (χ1) is 19.0. The summed E-state index contributed by atoms with van der Waals surface area (Å²) in [6.07, 6.45) is 0. The van der Waals surface area contributed by atoms with Gasteiger partial charge in [-0.3, -0.25) is 4.79 Å². The summed E-state index contributed by atoms with van der Waals surface area (Å²) in [5.74, 6) is -1.10. The molecule has 2 amide bonds. The zero-order valence-corrected chi connectivity index (χ0v) is 21.4. The summed E-state index contributed by atoms with van der Waals surface area (Å²) in [5, 5.41) is 30.8. The zero-order chi connectivity index (χ0) is 28.6. The summed E-state index contributed by atoms with van der Waals surface area (Å²) in [6.45, 7) is 0.0701. The summed E-state index contributed by atoms with van der Waals surface area (Å²) in [6, 6.07) is 18.0. The number of benzene rings is 4. The molecule has 0 bridgehead atoms. The molecule has 1 aliphatic heterocycles. The molecule has 0 atom stereocenters. The van der Waals surface area contributed by atoms with Crippen molar-refractivity contribution in [2.45, 2.75) is 11.4 Å². The number of nitrogens with one attached hydrogen (secondary N) is 2. The van der Waals surface area contributed by atoms with Crippen molar-refractivity contribution in [2.75, 3.05) is 5.32 Å². The van der Waals surface area contributed by atoms with E-state index in [1.54, 1.807) is 12.1 Å². The van der Waals surface area contributed by atoms with Gasteiger partial charge in [0, 0.05) is 40.9 Å². The Morgan fingerprint density at radius 3 is 2.33 bits per heavy atom. The fourth-order valence-corrected chi connectivity index (χ4v) is 4.84. The maximum absolute atomic E-state index is 12.5. The van der Waals surface area contributed by atoms with Crippen molar-refractivity contribution in [1.29, 1.82) is 0 Å². The first-order valence-electron chi connectivity index (χ1n) is 11.7. The number of carboxylic acid groups (broad SMARTS) is 1. The highest BCUT2D eigenvalue weighted by Crippen LogP contribution is 2.42. The van der Waals surface area contributed by atoms with Crippen molar-refractivity contribution in [3.05, 3.63) is 100 Å². The lowest BCUT2D eigenvalue weighted by molar-refractivity contribution is 0.0697. The number of aromatic hydroxyl groups is 1. The monoisotopic (exact) mass is 559 g/mol. The van der Waals surface area contributed by atoms with E-state index < -0.39 is 22.0 Å². The van der Waals surface area contributed by atoms with Crippen LogP contribution in [0.15, 0.2) is 93.0 Å². The number of amides is 2. The molecular weight excluding hydrogens is 538 g/mol. The van der Waals surface area contributed by atoms with Crippen LogP contribution >= 0.6 is 0 Å². The number of aromatic carboxylic acids is 1. The van der Waals surface area contributed by atoms with Crippen molar-refractivity contribution >= 4 is 38.7 Å². The second-order valence-corrected chi connectivity index (χ2v) is 10.4. The van der Waals surface area contributed by atoms with E-state index in [9.17, 15) is 33.0 Å². The lowest BCUT2D eigenvalue weighted by atomic mass is 9.90. The Hall–Kier alpha value is -5.20. The third-order valence-corrected chi connectivity index (χ3v) is 7.09. The van der Waals surface area contributed by atoms with Crippen LogP contribution in [0.1, 0.15) is 15.9 Å². The summed E-state index contributed by atoms with van der Waals surface area (Å²) in [7, 11) is -3.83. The fraction of sp³-hybridized carbons (Fsp3) is 0.0357. The number of nitrogens with two attached hydrogens (primary N) is 1. The molecule has 3 aromatic rings. The maximum Gasteiger partial charge on any atom is 0.336 e. The number of urea groups is 1. The van der Waals surface area contributed by atoms with Crippen molar-refractivity contribution in [1.82, 2.24) is 5.32 Å². The van der Waals surface area contributed by atoms with E-state index in [1.165, 1.54) is 66.7 Å². The van der Waals surface area contributed by atoms with Crippen molar-refractivity contribution in [2.24, 2.45) is 5.14 Å². The number of hydrogen-bond acceptors (Lipinski definition) is 7. The van der Waals surface area contributed by atoms with E-state index in [1.807, 2.05) is 0 Å². The van der Waals surface area contributed by atoms with Gasteiger partial charge in [-0.25, -0.2) is 23.1 Å². The Balaban J connectivity index is 1.46. The van der Waals surface area contributed by atoms with Gasteiger partial charge in [0.1, 0.15) is 17.1 Å². The van der Waals surface area contributed by atoms with E-state index in [4.69, 9.17) is 9.56 Å². The number of carbonyl (C=O) groups is 2. The molecule has 11 nitrogen and oxygen atoms in total. The number of carbonyl (C=O) groups excluding carboxylic acids is 1. The second kappa shape index (κ2) is 10.2. The second-order valence-electron chi connectivity index (χ2n) is 8.88. The standard InChI is InChI=1S/C28H21N3O8S/c29-40(37,38)19-6-1-15(2-7-19)14-30-28(36)31-16-3-8-20(23(11-16)27(34)35)26-21-9-4-17(32)12-24(21)39-25-13-18(33)5-10-22(25)26/h1-13,32H,14H2,(H,34,35)(H2,29,37,38)(H2,30,31,36). The SMILES string of the molecule is NS(=O)(=O)c1ccc(CNC(=O)Nc2ccc(-c3c4ccc(=O)cc-4oc4cc(O)ccc34)c(C(=O)O)c2)cc1. The number of anilines is 1. The number of phenolic OH excluding ortho intramolecular Hbond substituents is 1. The van der Waals surface area contributed by atoms with Crippen molar-refractivity contribution in [3.63, 3.8) is 0 Å². The van der Waals surface area contributed by atoms with Crippen LogP contribution in [-0.4, -0.2) is 30.6 Å². The molecule has 0 saturated carbocycles. The Morgan fingerprint density at radius 1 is 0.900 bits per heavy atom. The highest BCUT2D eigenvalue weighted by atomic mass is 32.2. The molecule has 3 aromatic carbocycles. The van der Waals surface area contributed by atoms with Crippen LogP contribution in [0.4, 0.5) is 10.5 Å². The smallest absolute Gasteiger partial charge is 0.336 e. The minimum Gasteiger partial charge on any atom is -0.508 e. The van der Waals surface area contributed by atoms with Crippen LogP contribution in [0.5, 0.6) is 5.75 Å². The van der Waals surface area contributed by atoms with Gasteiger partial charge in [-0.05, 0) is 59.7 Å². The lowest BCUT2D eigenvalue weighted by Crippen LogP contribution is -2.28. The molecule has 0 aromatic heterocycles. The van der Waals surface area contributed by atoms with Crippen LogP contribution in [0.2, 0.25) is 0 Å². The van der Waals surface area contributed by atoms with E-state index in [0.29, 0.717) is 27.6 Å². The van der Waals surface area contributed by atoms with Gasteiger partial charge in [-0.2, -0.15) is 0 Å². The molecule has 1 heterocycles. The van der Waals surface area contributed by atoms with Crippen LogP contribution in [0, 0.1) is 0 Å². The predicted molar refractivity (Wildman–Crippen MR) is 147 cm³/mol. The van der Waals surface area contributed by atoms with Crippen LogP contribution in [0.25, 0.3) is 33.4 Å². The fourth-order valence-electron chi connectivity index (χ4n) is 4.32. The van der Waals surface area contributed by atoms with Crippen molar-refractivity contribution < 1.29 is 32.6 Å². The van der Waals surface area contributed by atoms with E-state index >= 15 is 0 Å². The third kappa shape index (κ3) is 5.34. The zero-order valence-electron chi connectivity index (χ0n) is 20.5. The van der Waals surface area contributed by atoms with Gasteiger partial charge in [0.25, 0.3) is 0 Å². The molecular formula is C28H21N3O8S. The number of primary sulfonamides is 1. The Morgan fingerprint density at radius 2 is 1.62 bits per heavy atom. The molecule has 2 aliphatic rings. The Labute approximate surface area is 226 Å². The van der Waals surface area contributed by atoms with Gasteiger partial charge in [0.15, 0.2) is 5.43 Å². The molecule has 202 valence electrons. The normalized spacial score (nSPS) is 11.4. The van der Waals surface area contributed by atoms with Crippen LogP contribution < -0.4 is 21.2 Å².